The van der Waals surface area contributed by atoms with Crippen molar-refractivity contribution in [2.45, 2.75) is 51.0 Å². The maximum Gasteiger partial charge on any atom is 0.344 e. The molecule has 0 amide bonds. The minimum Gasteiger partial charge on any atom is -0.481 e. The summed E-state index contributed by atoms with van der Waals surface area (Å²) in [6.45, 7) is 0.0148. The van der Waals surface area contributed by atoms with Gasteiger partial charge in [0, 0.05) is 5.39 Å². The van der Waals surface area contributed by atoms with Crippen LogP contribution in [0.4, 0.5) is 0 Å². The third-order valence-electron chi connectivity index (χ3n) is 8.06. The first-order chi connectivity index (χ1) is 14.7. The molecule has 0 radical (unpaired) electrons. The lowest BCUT2D eigenvalue weighted by Crippen LogP contribution is -2.50. The first kappa shape index (κ1) is 19.1. The maximum absolute atomic E-state index is 12.7. The second-order valence-corrected chi connectivity index (χ2v) is 12.5. The summed E-state index contributed by atoms with van der Waals surface area (Å²) >= 11 is 0. The highest BCUT2D eigenvalue weighted by Crippen LogP contribution is 2.54. The number of rotatable bonds is 5. The molecule has 1 heterocycles. The molecule has 4 heteroatoms. The number of hydrogen-bond acceptors (Lipinski definition) is 3. The molecule has 2 aromatic rings. The number of hydrogen-bond donors (Lipinski definition) is 0. The van der Waals surface area contributed by atoms with Crippen LogP contribution >= 0.6 is 7.92 Å². The summed E-state index contributed by atoms with van der Waals surface area (Å²) in [5.74, 6) is 3.60. The van der Waals surface area contributed by atoms with E-state index in [9.17, 15) is 4.79 Å². The van der Waals surface area contributed by atoms with E-state index in [-0.39, 0.29) is 26.6 Å². The summed E-state index contributed by atoms with van der Waals surface area (Å²) in [7, 11) is -0.0391. The van der Waals surface area contributed by atoms with Crippen molar-refractivity contribution in [3.63, 3.8) is 0 Å². The SMILES string of the molecule is O=C(COc1ccc(P2CCCC2)c2ccccc12)OC1C2CC3CC(C2)CC1C3. The summed E-state index contributed by atoms with van der Waals surface area (Å²) < 4.78 is 12.0. The number of ether oxygens (including phenoxy) is 2. The molecule has 0 unspecified atom stereocenters. The smallest absolute Gasteiger partial charge is 0.344 e. The van der Waals surface area contributed by atoms with E-state index in [0.29, 0.717) is 11.8 Å². The molecule has 4 aliphatic carbocycles. The predicted octanol–water partition coefficient (Wildman–Crippen LogP) is 5.49. The standard InChI is InChI=1S/C26H31O3P/c27-25(29-26-19-12-17-11-18(14-19)15-20(26)13-17)16-28-23-7-8-24(30-9-3-4-10-30)22-6-2-1-5-21(22)23/h1-2,5-8,17-20,26H,3-4,9-16H2. The zero-order chi connectivity index (χ0) is 20.1. The molecule has 158 valence electrons. The molecule has 7 rings (SSSR count). The van der Waals surface area contributed by atoms with Gasteiger partial charge in [0.15, 0.2) is 6.61 Å². The minimum absolute atomic E-state index is 0.0148. The van der Waals surface area contributed by atoms with Gasteiger partial charge in [-0.05, 0) is 97.7 Å². The molecule has 0 N–H and O–H groups in total. The normalized spacial score (nSPS) is 32.6. The van der Waals surface area contributed by atoms with E-state index >= 15 is 0 Å². The van der Waals surface area contributed by atoms with Gasteiger partial charge in [-0.2, -0.15) is 0 Å². The average Bonchev–Trinajstić information content (AvgIpc) is 3.28. The molecular weight excluding hydrogens is 391 g/mol. The third kappa shape index (κ3) is 3.44. The van der Waals surface area contributed by atoms with Crippen molar-refractivity contribution in [2.75, 3.05) is 18.9 Å². The van der Waals surface area contributed by atoms with Crippen molar-refractivity contribution in [1.82, 2.24) is 0 Å². The van der Waals surface area contributed by atoms with Gasteiger partial charge in [-0.3, -0.25) is 0 Å². The zero-order valence-electron chi connectivity index (χ0n) is 17.6. The maximum atomic E-state index is 12.7. The van der Waals surface area contributed by atoms with Crippen molar-refractivity contribution in [3.05, 3.63) is 36.4 Å². The van der Waals surface area contributed by atoms with Crippen LogP contribution in [0.1, 0.15) is 44.9 Å². The van der Waals surface area contributed by atoms with E-state index in [4.69, 9.17) is 9.47 Å². The quantitative estimate of drug-likeness (QED) is 0.472. The van der Waals surface area contributed by atoms with Gasteiger partial charge >= 0.3 is 5.97 Å². The second-order valence-electron chi connectivity index (χ2n) is 10.00. The minimum atomic E-state index is -0.194. The number of esters is 1. The highest BCUT2D eigenvalue weighted by Gasteiger charge is 2.49. The van der Waals surface area contributed by atoms with E-state index in [1.165, 1.54) is 68.0 Å². The van der Waals surface area contributed by atoms with Crippen LogP contribution in [-0.2, 0) is 9.53 Å². The lowest BCUT2D eigenvalue weighted by molar-refractivity contribution is -0.172. The molecule has 30 heavy (non-hydrogen) atoms. The first-order valence-corrected chi connectivity index (χ1v) is 13.5. The van der Waals surface area contributed by atoms with Crippen LogP contribution in [0.15, 0.2) is 36.4 Å². The Labute approximate surface area is 180 Å². The van der Waals surface area contributed by atoms with E-state index in [0.717, 1.165) is 23.0 Å². The Morgan fingerprint density at radius 3 is 2.23 bits per heavy atom. The molecule has 2 aromatic carbocycles. The molecule has 5 fully saturated rings. The van der Waals surface area contributed by atoms with Gasteiger partial charge in [-0.25, -0.2) is 4.79 Å². The van der Waals surface area contributed by atoms with Gasteiger partial charge in [-0.1, -0.05) is 38.3 Å². The zero-order valence-corrected chi connectivity index (χ0v) is 18.5. The summed E-state index contributed by atoms with van der Waals surface area (Å²) in [6.07, 6.45) is 12.0. The summed E-state index contributed by atoms with van der Waals surface area (Å²) in [4.78, 5) is 12.7. The Hall–Kier alpha value is -1.60. The molecule has 1 saturated heterocycles. The molecule has 4 bridgehead atoms. The van der Waals surface area contributed by atoms with Gasteiger partial charge in [0.25, 0.3) is 0 Å². The molecule has 5 aliphatic rings. The Morgan fingerprint density at radius 2 is 1.53 bits per heavy atom. The lowest BCUT2D eigenvalue weighted by Gasteiger charge is -2.53. The predicted molar refractivity (Wildman–Crippen MR) is 122 cm³/mol. The fourth-order valence-electron chi connectivity index (χ4n) is 7.01. The number of carbonyl (C=O) groups excluding carboxylic acids is 1. The lowest BCUT2D eigenvalue weighted by atomic mass is 9.55. The summed E-state index contributed by atoms with van der Waals surface area (Å²) in [5.41, 5.74) is 0. The highest BCUT2D eigenvalue weighted by molar-refractivity contribution is 7.66. The van der Waals surface area contributed by atoms with Crippen LogP contribution in [0, 0.1) is 23.7 Å². The van der Waals surface area contributed by atoms with Crippen LogP contribution in [-0.4, -0.2) is 31.0 Å². The van der Waals surface area contributed by atoms with E-state index < -0.39 is 0 Å². The average molecular weight is 423 g/mol. The Morgan fingerprint density at radius 1 is 0.867 bits per heavy atom. The molecule has 4 saturated carbocycles. The highest BCUT2D eigenvalue weighted by atomic mass is 31.1. The van der Waals surface area contributed by atoms with E-state index in [2.05, 4.69) is 36.4 Å². The third-order valence-corrected chi connectivity index (χ3v) is 10.8. The van der Waals surface area contributed by atoms with Crippen molar-refractivity contribution in [3.8, 4) is 5.75 Å². The number of carbonyl (C=O) groups is 1. The van der Waals surface area contributed by atoms with E-state index in [1.807, 2.05) is 0 Å². The van der Waals surface area contributed by atoms with Gasteiger partial charge in [0.1, 0.15) is 11.9 Å². The van der Waals surface area contributed by atoms with Crippen LogP contribution in [0.25, 0.3) is 10.8 Å². The molecule has 0 atom stereocenters. The fourth-order valence-corrected chi connectivity index (χ4v) is 9.74. The van der Waals surface area contributed by atoms with Crippen LogP contribution in [0.3, 0.4) is 0 Å². The van der Waals surface area contributed by atoms with E-state index in [1.54, 1.807) is 0 Å². The van der Waals surface area contributed by atoms with Crippen LogP contribution < -0.4 is 10.0 Å². The Bertz CT molecular complexity index is 920. The second kappa shape index (κ2) is 7.83. The fraction of sp³-hybridized carbons (Fsp3) is 0.577. The van der Waals surface area contributed by atoms with Gasteiger partial charge in [0.05, 0.1) is 0 Å². The Kier molecular flexibility index (Phi) is 4.99. The largest absolute Gasteiger partial charge is 0.481 e. The van der Waals surface area contributed by atoms with Crippen molar-refractivity contribution in [1.29, 1.82) is 0 Å². The molecule has 3 nitrogen and oxygen atoms in total. The molecular formula is C26H31O3P. The number of benzene rings is 2. The summed E-state index contributed by atoms with van der Waals surface area (Å²) in [5, 5.41) is 3.94. The van der Waals surface area contributed by atoms with Gasteiger partial charge in [0.2, 0.25) is 0 Å². The molecule has 1 aliphatic heterocycles. The molecule has 0 aromatic heterocycles. The van der Waals surface area contributed by atoms with Crippen molar-refractivity contribution in [2.24, 2.45) is 23.7 Å². The van der Waals surface area contributed by atoms with Gasteiger partial charge < -0.3 is 9.47 Å². The van der Waals surface area contributed by atoms with Crippen molar-refractivity contribution >= 4 is 30.0 Å². The monoisotopic (exact) mass is 422 g/mol. The van der Waals surface area contributed by atoms with Crippen LogP contribution in [0.5, 0.6) is 5.75 Å². The first-order valence-electron chi connectivity index (χ1n) is 11.8. The van der Waals surface area contributed by atoms with Gasteiger partial charge in [-0.15, -0.1) is 0 Å². The van der Waals surface area contributed by atoms with Crippen LogP contribution in [0.2, 0.25) is 0 Å². The molecule has 0 spiro atoms. The Balaban J connectivity index is 1.15. The topological polar surface area (TPSA) is 35.5 Å². The van der Waals surface area contributed by atoms with Crippen molar-refractivity contribution < 1.29 is 14.3 Å². The summed E-state index contributed by atoms with van der Waals surface area (Å²) in [6, 6.07) is 12.8. The number of fused-ring (bicyclic) bond motifs is 1.